The van der Waals surface area contributed by atoms with E-state index in [2.05, 4.69) is 27.6 Å². The van der Waals surface area contributed by atoms with E-state index >= 15 is 0 Å². The molecule has 0 unspecified atom stereocenters. The summed E-state index contributed by atoms with van der Waals surface area (Å²) >= 11 is 0. The molecule has 0 amide bonds. The zero-order chi connectivity index (χ0) is 15.6. The van der Waals surface area contributed by atoms with Gasteiger partial charge in [-0.3, -0.25) is 5.10 Å². The van der Waals surface area contributed by atoms with Crippen molar-refractivity contribution < 1.29 is 5.11 Å². The summed E-state index contributed by atoms with van der Waals surface area (Å²) in [6.45, 7) is 2.24. The second-order valence-corrected chi connectivity index (χ2v) is 6.41. The molecule has 1 aliphatic heterocycles. The predicted octanol–water partition coefficient (Wildman–Crippen LogP) is 3.90. The number of nitrogens with zero attached hydrogens (tertiary/aromatic N) is 1. The molecule has 4 rings (SSSR count). The third-order valence-corrected chi connectivity index (χ3v) is 4.81. The van der Waals surface area contributed by atoms with Gasteiger partial charge in [0.2, 0.25) is 0 Å². The molecule has 0 radical (unpaired) electrons. The standard InChI is InChI=1S/C19H21N3O.ClH/c23-17-3-1-14(2-4-17)15-10-16(9-13-5-7-20-8-6-13)18-12-21-22-19(18)11-15;/h1-4,10-13,20,23H,5-9H2,(H,21,22);1H. The van der Waals surface area contributed by atoms with Crippen molar-refractivity contribution in [2.24, 2.45) is 5.92 Å². The third kappa shape index (κ3) is 3.40. The molecule has 126 valence electrons. The summed E-state index contributed by atoms with van der Waals surface area (Å²) in [4.78, 5) is 0. The summed E-state index contributed by atoms with van der Waals surface area (Å²) in [5, 5.41) is 21.5. The van der Waals surface area contributed by atoms with Crippen LogP contribution in [0.5, 0.6) is 5.75 Å². The fourth-order valence-electron chi connectivity index (χ4n) is 3.51. The summed E-state index contributed by atoms with van der Waals surface area (Å²) in [6, 6.07) is 11.8. The number of halogens is 1. The van der Waals surface area contributed by atoms with E-state index in [4.69, 9.17) is 0 Å². The third-order valence-electron chi connectivity index (χ3n) is 4.81. The summed E-state index contributed by atoms with van der Waals surface area (Å²) in [5.74, 6) is 1.04. The lowest BCUT2D eigenvalue weighted by molar-refractivity contribution is 0.373. The quantitative estimate of drug-likeness (QED) is 0.676. The summed E-state index contributed by atoms with van der Waals surface area (Å²) < 4.78 is 0. The molecule has 0 atom stereocenters. The number of hydrogen-bond donors (Lipinski definition) is 3. The number of aromatic nitrogens is 2. The van der Waals surface area contributed by atoms with Crippen molar-refractivity contribution in [2.45, 2.75) is 19.3 Å². The van der Waals surface area contributed by atoms with E-state index in [1.165, 1.54) is 29.4 Å². The molecule has 0 bridgehead atoms. The van der Waals surface area contributed by atoms with Gasteiger partial charge in [0.1, 0.15) is 5.75 Å². The maximum Gasteiger partial charge on any atom is 0.115 e. The van der Waals surface area contributed by atoms with Crippen LogP contribution in [0.4, 0.5) is 0 Å². The Balaban J connectivity index is 0.00000169. The van der Waals surface area contributed by atoms with E-state index in [-0.39, 0.29) is 12.4 Å². The number of aromatic hydroxyl groups is 1. The highest BCUT2D eigenvalue weighted by atomic mass is 35.5. The van der Waals surface area contributed by atoms with Crippen molar-refractivity contribution in [2.75, 3.05) is 13.1 Å². The number of H-pyrrole nitrogens is 1. The summed E-state index contributed by atoms with van der Waals surface area (Å²) in [6.07, 6.45) is 5.52. The van der Waals surface area contributed by atoms with Crippen molar-refractivity contribution in [3.05, 3.63) is 48.2 Å². The lowest BCUT2D eigenvalue weighted by atomic mass is 9.88. The van der Waals surface area contributed by atoms with Crippen LogP contribution in [0.2, 0.25) is 0 Å². The smallest absolute Gasteiger partial charge is 0.115 e. The van der Waals surface area contributed by atoms with Gasteiger partial charge in [0.15, 0.2) is 0 Å². The van der Waals surface area contributed by atoms with Crippen molar-refractivity contribution >= 4 is 23.3 Å². The van der Waals surface area contributed by atoms with Crippen LogP contribution in [0.15, 0.2) is 42.6 Å². The lowest BCUT2D eigenvalue weighted by Gasteiger charge is -2.23. The highest BCUT2D eigenvalue weighted by Crippen LogP contribution is 2.30. The van der Waals surface area contributed by atoms with Crippen LogP contribution in [-0.2, 0) is 6.42 Å². The molecule has 0 saturated carbocycles. The number of hydrogen-bond acceptors (Lipinski definition) is 3. The van der Waals surface area contributed by atoms with Crippen LogP contribution < -0.4 is 5.32 Å². The van der Waals surface area contributed by atoms with Crippen molar-refractivity contribution in [3.8, 4) is 16.9 Å². The Labute approximate surface area is 147 Å². The van der Waals surface area contributed by atoms with Gasteiger partial charge in [-0.1, -0.05) is 18.2 Å². The fraction of sp³-hybridized carbons (Fsp3) is 0.316. The highest BCUT2D eigenvalue weighted by molar-refractivity contribution is 5.87. The Morgan fingerprint density at radius 1 is 1.04 bits per heavy atom. The monoisotopic (exact) mass is 343 g/mol. The van der Waals surface area contributed by atoms with Gasteiger partial charge >= 0.3 is 0 Å². The minimum atomic E-state index is 0. The Hall–Kier alpha value is -2.04. The van der Waals surface area contributed by atoms with Gasteiger partial charge in [0, 0.05) is 5.39 Å². The second-order valence-electron chi connectivity index (χ2n) is 6.41. The average Bonchev–Trinajstić information content (AvgIpc) is 3.05. The van der Waals surface area contributed by atoms with Gasteiger partial charge in [-0.05, 0) is 73.2 Å². The molecule has 3 N–H and O–H groups in total. The maximum atomic E-state index is 9.49. The van der Waals surface area contributed by atoms with Crippen molar-refractivity contribution in [1.82, 2.24) is 15.5 Å². The summed E-state index contributed by atoms with van der Waals surface area (Å²) in [7, 11) is 0. The highest BCUT2D eigenvalue weighted by Gasteiger charge is 2.16. The average molecular weight is 344 g/mol. The largest absolute Gasteiger partial charge is 0.508 e. The number of phenolic OH excluding ortho intramolecular Hbond substituents is 1. The SMILES string of the molecule is Cl.Oc1ccc(-c2cc(CC3CCNCC3)c3cn[nH]c3c2)cc1. The van der Waals surface area contributed by atoms with Crippen LogP contribution >= 0.6 is 12.4 Å². The minimum absolute atomic E-state index is 0. The molecule has 24 heavy (non-hydrogen) atoms. The molecule has 1 saturated heterocycles. The zero-order valence-corrected chi connectivity index (χ0v) is 14.3. The van der Waals surface area contributed by atoms with E-state index in [1.54, 1.807) is 12.1 Å². The van der Waals surface area contributed by atoms with E-state index in [9.17, 15) is 5.11 Å². The van der Waals surface area contributed by atoms with Gasteiger partial charge in [0.05, 0.1) is 11.7 Å². The lowest BCUT2D eigenvalue weighted by Crippen LogP contribution is -2.28. The van der Waals surface area contributed by atoms with Gasteiger partial charge < -0.3 is 10.4 Å². The number of phenols is 1. The number of fused-ring (bicyclic) bond motifs is 1. The first-order valence-electron chi connectivity index (χ1n) is 8.26. The molecule has 5 heteroatoms. The molecule has 4 nitrogen and oxygen atoms in total. The van der Waals surface area contributed by atoms with Gasteiger partial charge in [-0.15, -0.1) is 12.4 Å². The van der Waals surface area contributed by atoms with E-state index < -0.39 is 0 Å². The topological polar surface area (TPSA) is 60.9 Å². The van der Waals surface area contributed by atoms with Crippen LogP contribution in [0.25, 0.3) is 22.0 Å². The van der Waals surface area contributed by atoms with Gasteiger partial charge in [-0.25, -0.2) is 0 Å². The molecule has 0 aliphatic carbocycles. The minimum Gasteiger partial charge on any atom is -0.508 e. The van der Waals surface area contributed by atoms with Crippen LogP contribution in [0, 0.1) is 5.92 Å². The van der Waals surface area contributed by atoms with Crippen LogP contribution in [0.3, 0.4) is 0 Å². The number of nitrogens with one attached hydrogen (secondary N) is 2. The molecule has 0 spiro atoms. The number of rotatable bonds is 3. The van der Waals surface area contributed by atoms with Gasteiger partial charge in [-0.2, -0.15) is 5.10 Å². The molecule has 2 aromatic carbocycles. The van der Waals surface area contributed by atoms with E-state index in [0.717, 1.165) is 36.5 Å². The van der Waals surface area contributed by atoms with E-state index in [0.29, 0.717) is 5.75 Å². The van der Waals surface area contributed by atoms with Crippen molar-refractivity contribution in [3.63, 3.8) is 0 Å². The summed E-state index contributed by atoms with van der Waals surface area (Å²) in [5.41, 5.74) is 4.74. The normalized spacial score (nSPS) is 15.3. The fourth-order valence-corrected chi connectivity index (χ4v) is 3.51. The van der Waals surface area contributed by atoms with Crippen LogP contribution in [0.1, 0.15) is 18.4 Å². The first-order valence-corrected chi connectivity index (χ1v) is 8.26. The number of benzene rings is 2. The Morgan fingerprint density at radius 2 is 1.79 bits per heavy atom. The number of piperidine rings is 1. The Kier molecular flexibility index (Phi) is 5.07. The first kappa shape index (κ1) is 16.8. The van der Waals surface area contributed by atoms with Gasteiger partial charge in [0.25, 0.3) is 0 Å². The van der Waals surface area contributed by atoms with E-state index in [1.807, 2.05) is 18.3 Å². The maximum absolute atomic E-state index is 9.49. The molecular formula is C19H22ClN3O. The molecule has 2 heterocycles. The molecule has 3 aromatic rings. The Morgan fingerprint density at radius 3 is 2.54 bits per heavy atom. The molecule has 1 aliphatic rings. The molecular weight excluding hydrogens is 322 g/mol. The van der Waals surface area contributed by atoms with Crippen LogP contribution in [-0.4, -0.2) is 28.4 Å². The Bertz CT molecular complexity index is 807. The molecule has 1 aromatic heterocycles. The number of aromatic amines is 1. The zero-order valence-electron chi connectivity index (χ0n) is 13.5. The predicted molar refractivity (Wildman–Crippen MR) is 99.7 cm³/mol. The first-order chi connectivity index (χ1) is 11.3. The van der Waals surface area contributed by atoms with Crippen molar-refractivity contribution in [1.29, 1.82) is 0 Å². The molecule has 1 fully saturated rings. The second kappa shape index (κ2) is 7.24.